The number of hydrogen-bond acceptors (Lipinski definition) is 7. The summed E-state index contributed by atoms with van der Waals surface area (Å²) in [6.45, 7) is 6.58. The predicted molar refractivity (Wildman–Crippen MR) is 104 cm³/mol. The van der Waals surface area contributed by atoms with Gasteiger partial charge in [-0.1, -0.05) is 20.8 Å². The molecule has 0 radical (unpaired) electrons. The van der Waals surface area contributed by atoms with Crippen LogP contribution in [0.15, 0.2) is 0 Å². The highest BCUT2D eigenvalue weighted by atomic mass is 32.1. The van der Waals surface area contributed by atoms with Crippen LogP contribution in [0.25, 0.3) is 0 Å². The number of carbonyl (C=O) groups excluding carboxylic acids is 2. The van der Waals surface area contributed by atoms with Crippen LogP contribution in [-0.2, 0) is 19.1 Å². The largest absolute Gasteiger partial charge is 0.393 e. The molecule has 2 amide bonds. The van der Waals surface area contributed by atoms with E-state index in [2.05, 4.69) is 23.3 Å². The summed E-state index contributed by atoms with van der Waals surface area (Å²) >= 11 is 4.02. The highest BCUT2D eigenvalue weighted by Crippen LogP contribution is 2.32. The van der Waals surface area contributed by atoms with Gasteiger partial charge >= 0.3 is 0 Å². The molecule has 0 aromatic carbocycles. The summed E-state index contributed by atoms with van der Waals surface area (Å²) in [6, 6.07) is 0. The van der Waals surface area contributed by atoms with Gasteiger partial charge in [0.25, 0.3) is 0 Å². The molecule has 0 aliphatic carbocycles. The number of ether oxygens (including phenoxy) is 2. The van der Waals surface area contributed by atoms with E-state index in [1.54, 1.807) is 0 Å². The zero-order valence-electron chi connectivity index (χ0n) is 16.4. The fourth-order valence-corrected chi connectivity index (χ4v) is 2.89. The van der Waals surface area contributed by atoms with Crippen LogP contribution in [-0.4, -0.2) is 72.1 Å². The van der Waals surface area contributed by atoms with Crippen molar-refractivity contribution in [2.75, 3.05) is 25.4 Å². The highest BCUT2D eigenvalue weighted by molar-refractivity contribution is 7.80. The lowest BCUT2D eigenvalue weighted by atomic mass is 9.85. The van der Waals surface area contributed by atoms with Crippen LogP contribution in [0.1, 0.15) is 46.5 Å². The molecule has 0 saturated carbocycles. The molecule has 1 saturated heterocycles. The zero-order chi connectivity index (χ0) is 20.4. The summed E-state index contributed by atoms with van der Waals surface area (Å²) in [5.41, 5.74) is -0.539. The molecule has 0 bridgehead atoms. The summed E-state index contributed by atoms with van der Waals surface area (Å²) < 4.78 is 11.4. The molecular formula is C18H34N2O6S. The summed E-state index contributed by atoms with van der Waals surface area (Å²) in [5.74, 6) is 0.107. The Morgan fingerprint density at radius 2 is 1.93 bits per heavy atom. The fraction of sp³-hybridized carbons (Fsp3) is 0.889. The molecule has 0 aromatic rings. The number of carbonyl (C=O) groups is 2. The maximum Gasteiger partial charge on any atom is 0.249 e. The molecule has 27 heavy (non-hydrogen) atoms. The highest BCUT2D eigenvalue weighted by Gasteiger charge is 2.43. The molecule has 158 valence electrons. The van der Waals surface area contributed by atoms with Crippen molar-refractivity contribution in [3.8, 4) is 0 Å². The van der Waals surface area contributed by atoms with Crippen LogP contribution in [0, 0.1) is 5.41 Å². The summed E-state index contributed by atoms with van der Waals surface area (Å²) in [6.07, 6.45) is -1.65. The van der Waals surface area contributed by atoms with Gasteiger partial charge in [0.1, 0.15) is 6.10 Å². The van der Waals surface area contributed by atoms with Crippen molar-refractivity contribution < 1.29 is 29.3 Å². The van der Waals surface area contributed by atoms with Crippen molar-refractivity contribution in [3.05, 3.63) is 0 Å². The number of rotatable bonds is 11. The topological polar surface area (TPSA) is 117 Å². The first-order valence-electron chi connectivity index (χ1n) is 9.48. The molecule has 8 nitrogen and oxygen atoms in total. The molecule has 0 spiro atoms. The van der Waals surface area contributed by atoms with Crippen molar-refractivity contribution in [2.24, 2.45) is 5.41 Å². The van der Waals surface area contributed by atoms with E-state index in [9.17, 15) is 19.8 Å². The van der Waals surface area contributed by atoms with Crippen LogP contribution in [0.5, 0.6) is 0 Å². The number of aliphatic hydroxyl groups is 2. The molecule has 1 aliphatic rings. The van der Waals surface area contributed by atoms with E-state index >= 15 is 0 Å². The smallest absolute Gasteiger partial charge is 0.249 e. The minimum absolute atomic E-state index is 0.146. The Labute approximate surface area is 166 Å². The summed E-state index contributed by atoms with van der Waals surface area (Å²) in [7, 11) is 0. The molecule has 4 N–H and O–H groups in total. The van der Waals surface area contributed by atoms with E-state index in [1.165, 1.54) is 0 Å². The Morgan fingerprint density at radius 1 is 1.22 bits per heavy atom. The summed E-state index contributed by atoms with van der Waals surface area (Å²) in [5, 5.41) is 25.1. The normalized spacial score (nSPS) is 24.1. The number of nitrogens with one attached hydrogen (secondary N) is 2. The molecule has 1 aliphatic heterocycles. The first-order chi connectivity index (χ1) is 12.7. The van der Waals surface area contributed by atoms with Crippen LogP contribution in [0.4, 0.5) is 0 Å². The second-order valence-corrected chi connectivity index (χ2v) is 7.99. The van der Waals surface area contributed by atoms with Gasteiger partial charge in [-0.15, -0.1) is 0 Å². The Bertz CT molecular complexity index is 477. The third-order valence-electron chi connectivity index (χ3n) is 4.44. The van der Waals surface area contributed by atoms with Crippen LogP contribution in [0.2, 0.25) is 0 Å². The van der Waals surface area contributed by atoms with E-state index in [-0.39, 0.29) is 37.6 Å². The molecule has 4 atom stereocenters. The quantitative estimate of drug-likeness (QED) is 0.313. The molecule has 3 unspecified atom stereocenters. The van der Waals surface area contributed by atoms with Crippen molar-refractivity contribution in [2.45, 2.75) is 71.1 Å². The van der Waals surface area contributed by atoms with E-state index in [1.807, 2.05) is 20.8 Å². The number of thiol groups is 1. The number of hydrogen-bond donors (Lipinski definition) is 5. The number of amides is 2. The van der Waals surface area contributed by atoms with E-state index in [4.69, 9.17) is 9.47 Å². The first-order valence-corrected chi connectivity index (χ1v) is 10.1. The van der Waals surface area contributed by atoms with Gasteiger partial charge in [-0.3, -0.25) is 9.59 Å². The standard InChI is InChI=1S/C18H34N2O6S/c1-4-12(21)9-13(22)10-15-25-11-18(2,3)16(26-15)17(24)20-6-5-14(23)19-7-8-27/h12-13,15-16,21-22,27H,4-11H2,1-3H3,(H,19,23)(H,20,24)/t12?,13?,15?,16-/m0/s1. The van der Waals surface area contributed by atoms with Crippen LogP contribution < -0.4 is 10.6 Å². The zero-order valence-corrected chi connectivity index (χ0v) is 17.3. The average molecular weight is 407 g/mol. The van der Waals surface area contributed by atoms with Gasteiger partial charge in [0.05, 0.1) is 18.8 Å². The third-order valence-corrected chi connectivity index (χ3v) is 4.67. The van der Waals surface area contributed by atoms with Crippen molar-refractivity contribution in [1.82, 2.24) is 10.6 Å². The van der Waals surface area contributed by atoms with Crippen LogP contribution >= 0.6 is 12.6 Å². The van der Waals surface area contributed by atoms with Gasteiger partial charge in [-0.25, -0.2) is 0 Å². The lowest BCUT2D eigenvalue weighted by Gasteiger charge is -2.41. The molecule has 9 heteroatoms. The SMILES string of the molecule is CCC(O)CC(O)CC1OCC(C)(C)[C@H](C(=O)NCCC(=O)NCCS)O1. The molecular weight excluding hydrogens is 372 g/mol. The maximum absolute atomic E-state index is 12.5. The minimum atomic E-state index is -0.773. The van der Waals surface area contributed by atoms with Crippen LogP contribution in [0.3, 0.4) is 0 Å². The predicted octanol–water partition coefficient (Wildman–Crippen LogP) is 0.218. The molecule has 1 fully saturated rings. The monoisotopic (exact) mass is 406 g/mol. The van der Waals surface area contributed by atoms with Gasteiger partial charge in [0.2, 0.25) is 11.8 Å². The fourth-order valence-electron chi connectivity index (χ4n) is 2.77. The van der Waals surface area contributed by atoms with Gasteiger partial charge in [0.15, 0.2) is 6.29 Å². The second-order valence-electron chi connectivity index (χ2n) is 7.55. The van der Waals surface area contributed by atoms with E-state index in [0.717, 1.165) is 0 Å². The molecule has 1 rings (SSSR count). The molecule has 0 aromatic heterocycles. The van der Waals surface area contributed by atoms with Crippen molar-refractivity contribution in [1.29, 1.82) is 0 Å². The van der Waals surface area contributed by atoms with Gasteiger partial charge < -0.3 is 30.3 Å². The minimum Gasteiger partial charge on any atom is -0.393 e. The van der Waals surface area contributed by atoms with Gasteiger partial charge in [-0.2, -0.15) is 12.6 Å². The van der Waals surface area contributed by atoms with Crippen molar-refractivity contribution in [3.63, 3.8) is 0 Å². The van der Waals surface area contributed by atoms with E-state index in [0.29, 0.717) is 25.3 Å². The average Bonchev–Trinajstić information content (AvgIpc) is 2.60. The maximum atomic E-state index is 12.5. The molecule has 1 heterocycles. The van der Waals surface area contributed by atoms with Crippen molar-refractivity contribution >= 4 is 24.4 Å². The van der Waals surface area contributed by atoms with Gasteiger partial charge in [-0.05, 0) is 12.8 Å². The second kappa shape index (κ2) is 11.9. The first kappa shape index (κ1) is 24.2. The van der Waals surface area contributed by atoms with E-state index < -0.39 is 30.0 Å². The third kappa shape index (κ3) is 8.78. The Morgan fingerprint density at radius 3 is 2.56 bits per heavy atom. The van der Waals surface area contributed by atoms with Gasteiger partial charge in [0, 0.05) is 37.1 Å². The number of aliphatic hydroxyl groups excluding tert-OH is 2. The Kier molecular flexibility index (Phi) is 10.6. The lowest BCUT2D eigenvalue weighted by molar-refractivity contribution is -0.261. The Balaban J connectivity index is 2.50. The Hall–Kier alpha value is -0.870. The lowest BCUT2D eigenvalue weighted by Crippen LogP contribution is -2.54. The summed E-state index contributed by atoms with van der Waals surface area (Å²) in [4.78, 5) is 24.1.